The quantitative estimate of drug-likeness (QED) is 0.748. The second kappa shape index (κ2) is 8.66. The highest BCUT2D eigenvalue weighted by Crippen LogP contribution is 2.27. The van der Waals surface area contributed by atoms with E-state index in [0.29, 0.717) is 35.4 Å². The summed E-state index contributed by atoms with van der Waals surface area (Å²) in [6.45, 7) is 1.56. The average Bonchev–Trinajstić information content (AvgIpc) is 2.81. The summed E-state index contributed by atoms with van der Waals surface area (Å²) in [5.74, 6) is 0.196. The molecular formula is C13H17Cl3N2O3. The summed E-state index contributed by atoms with van der Waals surface area (Å²) < 4.78 is 5.31. The maximum absolute atomic E-state index is 11.7. The Morgan fingerprint density at radius 3 is 2.81 bits per heavy atom. The molecule has 1 aliphatic rings. The van der Waals surface area contributed by atoms with Crippen molar-refractivity contribution in [3.05, 3.63) is 28.2 Å². The van der Waals surface area contributed by atoms with Gasteiger partial charge in [0.25, 0.3) is 5.91 Å². The van der Waals surface area contributed by atoms with Crippen LogP contribution in [-0.2, 0) is 4.79 Å². The Balaban J connectivity index is 0.00000220. The lowest BCUT2D eigenvalue weighted by molar-refractivity contribution is -0.123. The Bertz CT molecular complexity index is 488. The molecule has 1 saturated heterocycles. The van der Waals surface area contributed by atoms with Gasteiger partial charge in [0.2, 0.25) is 0 Å². The molecule has 0 aromatic heterocycles. The first-order valence-corrected chi connectivity index (χ1v) is 7.05. The van der Waals surface area contributed by atoms with Crippen molar-refractivity contribution in [2.75, 3.05) is 26.2 Å². The van der Waals surface area contributed by atoms with E-state index < -0.39 is 6.10 Å². The molecule has 21 heavy (non-hydrogen) atoms. The standard InChI is InChI=1S/C13H16Cl2N2O3.ClH/c14-9-1-2-12(10(15)3-9)20-7-13(19)17-5-8-4-16-6-11(8)18;/h1-3,8,11,16,18H,4-7H2,(H,17,19);1H. The van der Waals surface area contributed by atoms with Crippen LogP contribution in [0.15, 0.2) is 18.2 Å². The number of hydrogen-bond donors (Lipinski definition) is 3. The van der Waals surface area contributed by atoms with Gasteiger partial charge in [0.15, 0.2) is 6.61 Å². The van der Waals surface area contributed by atoms with Crippen LogP contribution in [0, 0.1) is 5.92 Å². The predicted molar refractivity (Wildman–Crippen MR) is 84.6 cm³/mol. The van der Waals surface area contributed by atoms with E-state index in [1.54, 1.807) is 18.2 Å². The van der Waals surface area contributed by atoms with Gasteiger partial charge in [0.05, 0.1) is 11.1 Å². The van der Waals surface area contributed by atoms with E-state index in [1.165, 1.54) is 0 Å². The zero-order chi connectivity index (χ0) is 14.5. The largest absolute Gasteiger partial charge is 0.482 e. The van der Waals surface area contributed by atoms with Gasteiger partial charge in [0.1, 0.15) is 5.75 Å². The predicted octanol–water partition coefficient (Wildman–Crippen LogP) is 1.49. The van der Waals surface area contributed by atoms with Gasteiger partial charge < -0.3 is 20.5 Å². The van der Waals surface area contributed by atoms with Gasteiger partial charge in [-0.3, -0.25) is 4.79 Å². The van der Waals surface area contributed by atoms with Crippen LogP contribution in [-0.4, -0.2) is 43.4 Å². The van der Waals surface area contributed by atoms with Gasteiger partial charge in [0, 0.05) is 30.6 Å². The number of carbonyl (C=O) groups excluding carboxylic acids is 1. The minimum absolute atomic E-state index is 0. The molecule has 1 fully saturated rings. The van der Waals surface area contributed by atoms with Gasteiger partial charge >= 0.3 is 0 Å². The molecule has 0 radical (unpaired) electrons. The number of β-amino-alcohol motifs (C(OH)–C–C–N with tert-alkyl or cyclic N) is 1. The van der Waals surface area contributed by atoms with E-state index in [9.17, 15) is 9.90 Å². The minimum atomic E-state index is -0.415. The Hall–Kier alpha value is -0.720. The maximum atomic E-state index is 11.7. The highest BCUT2D eigenvalue weighted by atomic mass is 35.5. The molecule has 118 valence electrons. The fourth-order valence-electron chi connectivity index (χ4n) is 1.96. The van der Waals surface area contributed by atoms with E-state index in [4.69, 9.17) is 27.9 Å². The van der Waals surface area contributed by atoms with Crippen LogP contribution in [0.4, 0.5) is 0 Å². The second-order valence-electron chi connectivity index (χ2n) is 4.65. The number of amides is 1. The fourth-order valence-corrected chi connectivity index (χ4v) is 2.42. The fraction of sp³-hybridized carbons (Fsp3) is 0.462. The molecule has 8 heteroatoms. The highest BCUT2D eigenvalue weighted by molar-refractivity contribution is 6.35. The van der Waals surface area contributed by atoms with E-state index in [1.807, 2.05) is 0 Å². The summed E-state index contributed by atoms with van der Waals surface area (Å²) >= 11 is 11.7. The molecule has 0 bridgehead atoms. The molecule has 1 heterocycles. The Morgan fingerprint density at radius 2 is 2.19 bits per heavy atom. The number of nitrogens with one attached hydrogen (secondary N) is 2. The van der Waals surface area contributed by atoms with Crippen LogP contribution in [0.1, 0.15) is 0 Å². The molecular weight excluding hydrogens is 339 g/mol. The second-order valence-corrected chi connectivity index (χ2v) is 5.50. The summed E-state index contributed by atoms with van der Waals surface area (Å²) in [6.07, 6.45) is -0.415. The number of rotatable bonds is 5. The van der Waals surface area contributed by atoms with Crippen molar-refractivity contribution in [2.45, 2.75) is 6.10 Å². The molecule has 2 unspecified atom stereocenters. The Morgan fingerprint density at radius 1 is 1.43 bits per heavy atom. The molecule has 0 aliphatic carbocycles. The molecule has 1 amide bonds. The number of aliphatic hydroxyl groups excluding tert-OH is 1. The number of benzene rings is 1. The Labute approximate surface area is 139 Å². The summed E-state index contributed by atoms with van der Waals surface area (Å²) in [7, 11) is 0. The van der Waals surface area contributed by atoms with Gasteiger partial charge in [-0.25, -0.2) is 0 Å². The molecule has 2 atom stereocenters. The summed E-state index contributed by atoms with van der Waals surface area (Å²) in [5.41, 5.74) is 0. The minimum Gasteiger partial charge on any atom is -0.482 e. The third-order valence-corrected chi connectivity index (χ3v) is 3.65. The topological polar surface area (TPSA) is 70.6 Å². The van der Waals surface area contributed by atoms with Crippen molar-refractivity contribution in [1.29, 1.82) is 0 Å². The van der Waals surface area contributed by atoms with Gasteiger partial charge in [-0.2, -0.15) is 0 Å². The Kier molecular flexibility index (Phi) is 7.56. The number of ether oxygens (including phenoxy) is 1. The number of carbonyl (C=O) groups is 1. The monoisotopic (exact) mass is 354 g/mol. The molecule has 2 rings (SSSR count). The number of halogens is 3. The van der Waals surface area contributed by atoms with E-state index >= 15 is 0 Å². The van der Waals surface area contributed by atoms with Crippen molar-refractivity contribution in [2.24, 2.45) is 5.92 Å². The van der Waals surface area contributed by atoms with Crippen molar-refractivity contribution < 1.29 is 14.6 Å². The van der Waals surface area contributed by atoms with E-state index in [0.717, 1.165) is 0 Å². The zero-order valence-electron chi connectivity index (χ0n) is 11.1. The summed E-state index contributed by atoms with van der Waals surface area (Å²) in [4.78, 5) is 11.7. The highest BCUT2D eigenvalue weighted by Gasteiger charge is 2.24. The lowest BCUT2D eigenvalue weighted by atomic mass is 10.1. The third kappa shape index (κ3) is 5.52. The van der Waals surface area contributed by atoms with Gasteiger partial charge in [-0.05, 0) is 18.2 Å². The molecule has 1 aromatic carbocycles. The van der Waals surface area contributed by atoms with E-state index in [2.05, 4.69) is 10.6 Å². The third-order valence-electron chi connectivity index (χ3n) is 3.12. The first-order chi connectivity index (χ1) is 9.56. The van der Waals surface area contributed by atoms with Crippen LogP contribution < -0.4 is 15.4 Å². The SMILES string of the molecule is Cl.O=C(COc1ccc(Cl)cc1Cl)NCC1CNCC1O. The van der Waals surface area contributed by atoms with Crippen molar-refractivity contribution in [1.82, 2.24) is 10.6 Å². The van der Waals surface area contributed by atoms with Gasteiger partial charge in [-0.1, -0.05) is 23.2 Å². The molecule has 0 spiro atoms. The lowest BCUT2D eigenvalue weighted by Crippen LogP contribution is -2.36. The lowest BCUT2D eigenvalue weighted by Gasteiger charge is -2.14. The maximum Gasteiger partial charge on any atom is 0.257 e. The molecule has 0 saturated carbocycles. The summed E-state index contributed by atoms with van der Waals surface area (Å²) in [5, 5.41) is 16.2. The molecule has 3 N–H and O–H groups in total. The van der Waals surface area contributed by atoms with Crippen LogP contribution in [0.25, 0.3) is 0 Å². The van der Waals surface area contributed by atoms with Crippen molar-refractivity contribution >= 4 is 41.5 Å². The zero-order valence-corrected chi connectivity index (χ0v) is 13.5. The molecule has 5 nitrogen and oxygen atoms in total. The smallest absolute Gasteiger partial charge is 0.257 e. The van der Waals surface area contributed by atoms with Crippen LogP contribution in [0.2, 0.25) is 10.0 Å². The van der Waals surface area contributed by atoms with Crippen LogP contribution in [0.3, 0.4) is 0 Å². The average molecular weight is 356 g/mol. The van der Waals surface area contributed by atoms with Crippen LogP contribution >= 0.6 is 35.6 Å². The van der Waals surface area contributed by atoms with E-state index in [-0.39, 0.29) is 30.8 Å². The molecule has 1 aromatic rings. The summed E-state index contributed by atoms with van der Waals surface area (Å²) in [6, 6.07) is 4.81. The van der Waals surface area contributed by atoms with Crippen LogP contribution in [0.5, 0.6) is 5.75 Å². The molecule has 1 aliphatic heterocycles. The van der Waals surface area contributed by atoms with Crippen molar-refractivity contribution in [3.8, 4) is 5.75 Å². The first kappa shape index (κ1) is 18.3. The normalized spacial score (nSPS) is 20.7. The van der Waals surface area contributed by atoms with Crippen molar-refractivity contribution in [3.63, 3.8) is 0 Å². The number of hydrogen-bond acceptors (Lipinski definition) is 4. The number of aliphatic hydroxyl groups is 1. The first-order valence-electron chi connectivity index (χ1n) is 6.29. The van der Waals surface area contributed by atoms with Gasteiger partial charge in [-0.15, -0.1) is 12.4 Å².